The van der Waals surface area contributed by atoms with Gasteiger partial charge in [0.05, 0.1) is 11.3 Å². The molecule has 0 aliphatic heterocycles. The van der Waals surface area contributed by atoms with Crippen LogP contribution < -0.4 is 10.6 Å². The number of aliphatic carboxylic acids is 1. The van der Waals surface area contributed by atoms with Crippen LogP contribution in [0.25, 0.3) is 11.1 Å². The van der Waals surface area contributed by atoms with Gasteiger partial charge >= 0.3 is 12.1 Å². The average molecular weight is 471 g/mol. The fourth-order valence-electron chi connectivity index (χ4n) is 5.06. The van der Waals surface area contributed by atoms with E-state index in [0.717, 1.165) is 22.3 Å². The summed E-state index contributed by atoms with van der Waals surface area (Å²) < 4.78 is 5.61. The van der Waals surface area contributed by atoms with E-state index in [9.17, 15) is 14.4 Å². The summed E-state index contributed by atoms with van der Waals surface area (Å²) in [6.45, 7) is 0.182. The molecule has 178 valence electrons. The van der Waals surface area contributed by atoms with Crippen LogP contribution in [0.3, 0.4) is 0 Å². The van der Waals surface area contributed by atoms with E-state index in [1.54, 1.807) is 24.3 Å². The first-order chi connectivity index (χ1) is 17.0. The molecule has 0 saturated heterocycles. The molecule has 1 fully saturated rings. The lowest BCUT2D eigenvalue weighted by atomic mass is 9.78. The van der Waals surface area contributed by atoms with Crippen LogP contribution in [-0.2, 0) is 9.53 Å². The van der Waals surface area contributed by atoms with Crippen molar-refractivity contribution in [3.05, 3.63) is 89.5 Å². The molecule has 2 aliphatic rings. The van der Waals surface area contributed by atoms with Crippen molar-refractivity contribution in [3.8, 4) is 11.1 Å². The molecule has 0 unspecified atom stereocenters. The topological polar surface area (TPSA) is 105 Å². The van der Waals surface area contributed by atoms with Crippen LogP contribution in [0.1, 0.15) is 46.7 Å². The molecule has 0 aromatic heterocycles. The predicted molar refractivity (Wildman–Crippen MR) is 131 cm³/mol. The Morgan fingerprint density at radius 2 is 1.46 bits per heavy atom. The number of amides is 2. The van der Waals surface area contributed by atoms with E-state index in [4.69, 9.17) is 9.84 Å². The van der Waals surface area contributed by atoms with Crippen molar-refractivity contribution in [3.63, 3.8) is 0 Å². The highest BCUT2D eigenvalue weighted by Gasteiger charge is 2.32. The molecular weight excluding hydrogens is 444 g/mol. The largest absolute Gasteiger partial charge is 0.481 e. The molecule has 0 radical (unpaired) electrons. The van der Waals surface area contributed by atoms with Crippen LogP contribution in [0.5, 0.6) is 0 Å². The molecule has 3 N–H and O–H groups in total. The van der Waals surface area contributed by atoms with Gasteiger partial charge in [-0.2, -0.15) is 0 Å². The number of nitrogens with one attached hydrogen (secondary N) is 2. The highest BCUT2D eigenvalue weighted by Crippen LogP contribution is 2.44. The highest BCUT2D eigenvalue weighted by atomic mass is 16.5. The Morgan fingerprint density at radius 1 is 0.857 bits per heavy atom. The second-order valence-corrected chi connectivity index (χ2v) is 9.10. The Balaban J connectivity index is 1.21. The van der Waals surface area contributed by atoms with E-state index < -0.39 is 12.1 Å². The van der Waals surface area contributed by atoms with Crippen molar-refractivity contribution < 1.29 is 24.2 Å². The quantitative estimate of drug-likeness (QED) is 0.449. The molecule has 0 heterocycles. The SMILES string of the molecule is O=C(O)CC1CC(NC(=O)c2ccccc2NC(=O)OCC2c3ccccc3-c3ccccc32)C1. The minimum atomic E-state index is -0.822. The summed E-state index contributed by atoms with van der Waals surface area (Å²) in [6.07, 6.45) is 0.768. The number of hydrogen-bond donors (Lipinski definition) is 3. The first-order valence-electron chi connectivity index (χ1n) is 11.7. The Bertz CT molecular complexity index is 1240. The van der Waals surface area contributed by atoms with Crippen LogP contribution in [-0.4, -0.2) is 35.7 Å². The molecule has 35 heavy (non-hydrogen) atoms. The second kappa shape index (κ2) is 9.62. The summed E-state index contributed by atoms with van der Waals surface area (Å²) in [7, 11) is 0. The summed E-state index contributed by atoms with van der Waals surface area (Å²) in [5, 5.41) is 14.5. The van der Waals surface area contributed by atoms with Gasteiger partial charge in [0.1, 0.15) is 6.61 Å². The van der Waals surface area contributed by atoms with Gasteiger partial charge in [0.2, 0.25) is 0 Å². The van der Waals surface area contributed by atoms with Crippen LogP contribution in [0.4, 0.5) is 10.5 Å². The maximum Gasteiger partial charge on any atom is 0.411 e. The fraction of sp³-hybridized carbons (Fsp3) is 0.250. The van der Waals surface area contributed by atoms with Gasteiger partial charge in [0, 0.05) is 18.4 Å². The van der Waals surface area contributed by atoms with E-state index in [1.165, 1.54) is 0 Å². The molecule has 7 heteroatoms. The van der Waals surface area contributed by atoms with E-state index in [0.29, 0.717) is 24.1 Å². The van der Waals surface area contributed by atoms with Crippen molar-refractivity contribution in [2.75, 3.05) is 11.9 Å². The number of carbonyl (C=O) groups excluding carboxylic acids is 2. The third kappa shape index (κ3) is 4.75. The second-order valence-electron chi connectivity index (χ2n) is 9.10. The van der Waals surface area contributed by atoms with Gasteiger partial charge in [-0.3, -0.25) is 14.9 Å². The Hall–Kier alpha value is -4.13. The maximum absolute atomic E-state index is 12.8. The lowest BCUT2D eigenvalue weighted by Gasteiger charge is -2.35. The molecule has 2 amide bonds. The van der Waals surface area contributed by atoms with Gasteiger partial charge in [-0.15, -0.1) is 0 Å². The molecule has 3 aromatic carbocycles. The number of ether oxygens (including phenoxy) is 1. The zero-order chi connectivity index (χ0) is 24.4. The van der Waals surface area contributed by atoms with Gasteiger partial charge in [-0.1, -0.05) is 60.7 Å². The molecule has 0 spiro atoms. The number of fused-ring (bicyclic) bond motifs is 3. The molecule has 0 atom stereocenters. The van der Waals surface area contributed by atoms with E-state index in [-0.39, 0.29) is 36.8 Å². The number of carboxylic acids is 1. The number of hydrogen-bond acceptors (Lipinski definition) is 4. The van der Waals surface area contributed by atoms with Gasteiger partial charge < -0.3 is 15.2 Å². The first-order valence-corrected chi connectivity index (χ1v) is 11.7. The van der Waals surface area contributed by atoms with Crippen LogP contribution in [0.2, 0.25) is 0 Å². The summed E-state index contributed by atoms with van der Waals surface area (Å²) >= 11 is 0. The summed E-state index contributed by atoms with van der Waals surface area (Å²) in [5.41, 5.74) is 5.26. The third-order valence-electron chi connectivity index (χ3n) is 6.79. The number of para-hydroxylation sites is 1. The van der Waals surface area contributed by atoms with Crippen molar-refractivity contribution in [2.24, 2.45) is 5.92 Å². The molecule has 2 aliphatic carbocycles. The number of carboxylic acid groups (broad SMARTS) is 1. The van der Waals surface area contributed by atoms with Crippen molar-refractivity contribution in [2.45, 2.75) is 31.2 Å². The summed E-state index contributed by atoms with van der Waals surface area (Å²) in [6, 6.07) is 23.0. The summed E-state index contributed by atoms with van der Waals surface area (Å²) in [5.74, 6) is -1.09. The third-order valence-corrected chi connectivity index (χ3v) is 6.79. The molecule has 5 rings (SSSR count). The molecule has 7 nitrogen and oxygen atoms in total. The molecule has 1 saturated carbocycles. The Labute approximate surface area is 203 Å². The lowest BCUT2D eigenvalue weighted by Crippen LogP contribution is -2.45. The smallest absolute Gasteiger partial charge is 0.411 e. The van der Waals surface area contributed by atoms with Crippen LogP contribution in [0.15, 0.2) is 72.8 Å². The number of carbonyl (C=O) groups is 3. The lowest BCUT2D eigenvalue weighted by molar-refractivity contribution is -0.138. The van der Waals surface area contributed by atoms with Gasteiger partial charge in [0.25, 0.3) is 5.91 Å². The van der Waals surface area contributed by atoms with Gasteiger partial charge in [-0.05, 0) is 53.1 Å². The van der Waals surface area contributed by atoms with Crippen molar-refractivity contribution in [1.29, 1.82) is 0 Å². The minimum absolute atomic E-state index is 0.0518. The zero-order valence-corrected chi connectivity index (χ0v) is 19.1. The number of benzene rings is 3. The Morgan fingerprint density at radius 3 is 2.11 bits per heavy atom. The Kier molecular flexibility index (Phi) is 6.23. The molecule has 3 aromatic rings. The first kappa shape index (κ1) is 22.7. The zero-order valence-electron chi connectivity index (χ0n) is 19.1. The normalized spacial score (nSPS) is 18.1. The number of anilines is 1. The van der Waals surface area contributed by atoms with E-state index >= 15 is 0 Å². The fourth-order valence-corrected chi connectivity index (χ4v) is 5.06. The molecule has 0 bridgehead atoms. The van der Waals surface area contributed by atoms with Crippen molar-refractivity contribution in [1.82, 2.24) is 5.32 Å². The summed E-state index contributed by atoms with van der Waals surface area (Å²) in [4.78, 5) is 36.3. The minimum Gasteiger partial charge on any atom is -0.481 e. The molecular formula is C28H26N2O5. The van der Waals surface area contributed by atoms with Gasteiger partial charge in [0.15, 0.2) is 0 Å². The van der Waals surface area contributed by atoms with Crippen LogP contribution in [0, 0.1) is 5.92 Å². The average Bonchev–Trinajstić information content (AvgIpc) is 3.15. The predicted octanol–water partition coefficient (Wildman–Crippen LogP) is 5.03. The van der Waals surface area contributed by atoms with Crippen LogP contribution >= 0.6 is 0 Å². The maximum atomic E-state index is 12.8. The van der Waals surface area contributed by atoms with E-state index in [2.05, 4.69) is 34.9 Å². The highest BCUT2D eigenvalue weighted by molar-refractivity contribution is 6.02. The number of rotatable bonds is 7. The monoisotopic (exact) mass is 470 g/mol. The van der Waals surface area contributed by atoms with Crippen molar-refractivity contribution >= 4 is 23.7 Å². The van der Waals surface area contributed by atoms with Gasteiger partial charge in [-0.25, -0.2) is 4.79 Å². The standard InChI is InChI=1S/C28H26N2O5/c31-26(32)15-17-13-18(14-17)29-27(33)23-11-5-6-12-25(23)30-28(34)35-16-24-21-9-3-1-7-19(21)20-8-2-4-10-22(20)24/h1-12,17-18,24H,13-16H2,(H,29,33)(H,30,34)(H,31,32). The van der Waals surface area contributed by atoms with E-state index in [1.807, 2.05) is 24.3 Å².